The Morgan fingerprint density at radius 1 is 1.65 bits per heavy atom. The molecule has 1 aromatic heterocycles. The lowest BCUT2D eigenvalue weighted by atomic mass is 9.96. The van der Waals surface area contributed by atoms with Crippen LogP contribution in [0.3, 0.4) is 0 Å². The highest BCUT2D eigenvalue weighted by Gasteiger charge is 2.22. The van der Waals surface area contributed by atoms with Crippen LogP contribution in [-0.2, 0) is 6.67 Å². The Hall–Kier alpha value is -1.43. The molecule has 1 saturated heterocycles. The van der Waals surface area contributed by atoms with Crippen molar-refractivity contribution in [1.82, 2.24) is 14.7 Å². The van der Waals surface area contributed by atoms with Crippen LogP contribution in [0.25, 0.3) is 0 Å². The molecule has 0 N–H and O–H groups in total. The number of nitro groups is 1. The van der Waals surface area contributed by atoms with E-state index in [4.69, 9.17) is 0 Å². The van der Waals surface area contributed by atoms with Gasteiger partial charge in [0, 0.05) is 13.1 Å². The van der Waals surface area contributed by atoms with Crippen molar-refractivity contribution in [3.05, 3.63) is 22.4 Å². The molecule has 0 aromatic carbocycles. The second-order valence-electron chi connectivity index (χ2n) is 4.58. The van der Waals surface area contributed by atoms with Gasteiger partial charge in [0.15, 0.2) is 6.67 Å². The van der Waals surface area contributed by atoms with Gasteiger partial charge in [-0.3, -0.25) is 4.90 Å². The van der Waals surface area contributed by atoms with Crippen molar-refractivity contribution < 1.29 is 4.92 Å². The van der Waals surface area contributed by atoms with Crippen LogP contribution in [0.5, 0.6) is 0 Å². The molecule has 0 aliphatic carbocycles. The fraction of sp³-hybridized carbons (Fsp3) is 0.727. The number of rotatable bonds is 4. The minimum atomic E-state index is -0.381. The summed E-state index contributed by atoms with van der Waals surface area (Å²) in [4.78, 5) is 12.6. The molecule has 0 spiro atoms. The summed E-state index contributed by atoms with van der Waals surface area (Å²) in [6, 6.07) is 1.45. The molecule has 2 heterocycles. The zero-order valence-electron chi connectivity index (χ0n) is 10.1. The quantitative estimate of drug-likeness (QED) is 0.593. The number of piperidine rings is 1. The molecule has 1 aromatic rings. The molecule has 2 rings (SSSR count). The Balaban J connectivity index is 2.00. The van der Waals surface area contributed by atoms with E-state index in [-0.39, 0.29) is 10.7 Å². The normalized spacial score (nSPS) is 21.6. The highest BCUT2D eigenvalue weighted by molar-refractivity contribution is 5.15. The summed E-state index contributed by atoms with van der Waals surface area (Å²) < 4.78 is 1.47. The van der Waals surface area contributed by atoms with Gasteiger partial charge in [-0.2, -0.15) is 0 Å². The maximum absolute atomic E-state index is 10.8. The zero-order chi connectivity index (χ0) is 12.3. The minimum Gasteiger partial charge on any atom is -0.358 e. The first-order chi connectivity index (χ1) is 8.20. The zero-order valence-corrected chi connectivity index (χ0v) is 10.1. The van der Waals surface area contributed by atoms with Crippen molar-refractivity contribution in [2.75, 3.05) is 13.1 Å². The fourth-order valence-corrected chi connectivity index (χ4v) is 2.39. The van der Waals surface area contributed by atoms with E-state index in [1.165, 1.54) is 36.2 Å². The van der Waals surface area contributed by atoms with Crippen LogP contribution >= 0.6 is 0 Å². The average Bonchev–Trinajstić information content (AvgIpc) is 2.77. The predicted octanol–water partition coefficient (Wildman–Crippen LogP) is 1.87. The lowest BCUT2D eigenvalue weighted by Crippen LogP contribution is -2.36. The topological polar surface area (TPSA) is 64.2 Å². The Labute approximate surface area is 100 Å². The third-order valence-electron chi connectivity index (χ3n) is 3.40. The smallest absolute Gasteiger partial charge is 0.346 e. The van der Waals surface area contributed by atoms with Gasteiger partial charge in [0.1, 0.15) is 0 Å². The summed E-state index contributed by atoms with van der Waals surface area (Å²) >= 11 is 0. The van der Waals surface area contributed by atoms with Crippen molar-refractivity contribution in [2.45, 2.75) is 32.9 Å². The first-order valence-corrected chi connectivity index (χ1v) is 6.09. The van der Waals surface area contributed by atoms with Crippen LogP contribution in [0.4, 0.5) is 5.82 Å². The van der Waals surface area contributed by atoms with E-state index in [1.807, 2.05) is 0 Å². The minimum absolute atomic E-state index is 0.0728. The van der Waals surface area contributed by atoms with Crippen LogP contribution in [0, 0.1) is 16.0 Å². The van der Waals surface area contributed by atoms with Gasteiger partial charge in [-0.1, -0.05) is 18.4 Å². The van der Waals surface area contributed by atoms with E-state index in [1.54, 1.807) is 0 Å². The second kappa shape index (κ2) is 5.27. The average molecular weight is 238 g/mol. The van der Waals surface area contributed by atoms with Crippen molar-refractivity contribution in [3.63, 3.8) is 0 Å². The Bertz CT molecular complexity index is 391. The maximum atomic E-state index is 10.8. The van der Waals surface area contributed by atoms with Crippen molar-refractivity contribution in [1.29, 1.82) is 0 Å². The summed E-state index contributed by atoms with van der Waals surface area (Å²) in [5.74, 6) is 0.794. The van der Waals surface area contributed by atoms with Gasteiger partial charge in [-0.05, 0) is 23.7 Å². The summed E-state index contributed by atoms with van der Waals surface area (Å²) in [5, 5.41) is 14.8. The first-order valence-electron chi connectivity index (χ1n) is 6.09. The molecule has 1 aliphatic rings. The molecule has 0 radical (unpaired) electrons. The van der Waals surface area contributed by atoms with Gasteiger partial charge in [0.2, 0.25) is 0 Å². The van der Waals surface area contributed by atoms with Gasteiger partial charge < -0.3 is 10.1 Å². The van der Waals surface area contributed by atoms with Crippen LogP contribution < -0.4 is 0 Å². The number of hydrogen-bond donors (Lipinski definition) is 0. The highest BCUT2D eigenvalue weighted by Crippen LogP contribution is 2.20. The number of hydrogen-bond acceptors (Lipinski definition) is 4. The van der Waals surface area contributed by atoms with E-state index < -0.39 is 0 Å². The Kier molecular flexibility index (Phi) is 3.73. The molecule has 94 valence electrons. The third kappa shape index (κ3) is 2.82. The van der Waals surface area contributed by atoms with Gasteiger partial charge in [-0.25, -0.2) is 0 Å². The molecular formula is C11H18N4O2. The van der Waals surface area contributed by atoms with Gasteiger partial charge in [-0.15, -0.1) is 4.68 Å². The van der Waals surface area contributed by atoms with E-state index in [0.29, 0.717) is 6.67 Å². The molecular weight excluding hydrogens is 220 g/mol. The number of aromatic nitrogens is 2. The standard InChI is InChI=1S/C11H18N4O2/c1-2-10-4-3-7-13(8-10)9-14-11(15(16)17)5-6-12-14/h5-6,10H,2-4,7-9H2,1H3. The second-order valence-corrected chi connectivity index (χ2v) is 4.58. The van der Waals surface area contributed by atoms with Crippen molar-refractivity contribution in [3.8, 4) is 0 Å². The lowest BCUT2D eigenvalue weighted by Gasteiger charge is -2.30. The molecule has 1 fully saturated rings. The van der Waals surface area contributed by atoms with Crippen LogP contribution in [0.15, 0.2) is 12.3 Å². The molecule has 6 heteroatoms. The van der Waals surface area contributed by atoms with E-state index in [2.05, 4.69) is 16.9 Å². The summed E-state index contributed by atoms with van der Waals surface area (Å²) in [6.07, 6.45) is 5.11. The lowest BCUT2D eigenvalue weighted by molar-refractivity contribution is -0.393. The summed E-state index contributed by atoms with van der Waals surface area (Å²) in [5.41, 5.74) is 0. The van der Waals surface area contributed by atoms with Crippen molar-refractivity contribution in [2.24, 2.45) is 5.92 Å². The van der Waals surface area contributed by atoms with Gasteiger partial charge in [0.25, 0.3) is 0 Å². The molecule has 17 heavy (non-hydrogen) atoms. The molecule has 6 nitrogen and oxygen atoms in total. The molecule has 1 unspecified atom stereocenters. The van der Waals surface area contributed by atoms with Crippen LogP contribution in [0.1, 0.15) is 26.2 Å². The maximum Gasteiger partial charge on any atom is 0.346 e. The Morgan fingerprint density at radius 3 is 3.18 bits per heavy atom. The molecule has 0 bridgehead atoms. The van der Waals surface area contributed by atoms with E-state index in [0.717, 1.165) is 19.0 Å². The first kappa shape index (κ1) is 12.0. The molecule has 1 atom stereocenters. The largest absolute Gasteiger partial charge is 0.358 e. The van der Waals surface area contributed by atoms with E-state index >= 15 is 0 Å². The molecule has 0 amide bonds. The number of nitrogens with zero attached hydrogens (tertiary/aromatic N) is 4. The highest BCUT2D eigenvalue weighted by atomic mass is 16.6. The number of likely N-dealkylation sites (tertiary alicyclic amines) is 1. The van der Waals surface area contributed by atoms with Gasteiger partial charge in [0.05, 0.1) is 12.3 Å². The fourth-order valence-electron chi connectivity index (χ4n) is 2.39. The van der Waals surface area contributed by atoms with Crippen molar-refractivity contribution >= 4 is 5.82 Å². The molecule has 1 aliphatic heterocycles. The monoisotopic (exact) mass is 238 g/mol. The van der Waals surface area contributed by atoms with E-state index in [9.17, 15) is 10.1 Å². The Morgan fingerprint density at radius 2 is 2.47 bits per heavy atom. The summed E-state index contributed by atoms with van der Waals surface area (Å²) in [6.45, 7) is 4.76. The molecule has 0 saturated carbocycles. The SMILES string of the molecule is CCC1CCCN(Cn2nccc2[N+](=O)[O-])C1. The van der Waals surface area contributed by atoms with Crippen LogP contribution in [0.2, 0.25) is 0 Å². The van der Waals surface area contributed by atoms with Crippen LogP contribution in [-0.4, -0.2) is 32.7 Å². The summed E-state index contributed by atoms with van der Waals surface area (Å²) in [7, 11) is 0. The van der Waals surface area contributed by atoms with Gasteiger partial charge >= 0.3 is 5.82 Å². The predicted molar refractivity (Wildman–Crippen MR) is 63.5 cm³/mol. The third-order valence-corrected chi connectivity index (χ3v) is 3.40.